The minimum atomic E-state index is -0.754. The van der Waals surface area contributed by atoms with Gasteiger partial charge in [-0.05, 0) is 17.7 Å². The normalized spacial score (nSPS) is 20.6. The molecule has 34 heavy (non-hydrogen) atoms. The maximum absolute atomic E-state index is 12.3. The lowest BCUT2D eigenvalue weighted by Gasteiger charge is -2.33. The van der Waals surface area contributed by atoms with Crippen molar-refractivity contribution in [3.8, 4) is 0 Å². The Morgan fingerprint density at radius 3 is 2.97 bits per heavy atom. The number of benzene rings is 1. The van der Waals surface area contributed by atoms with Gasteiger partial charge in [-0.2, -0.15) is 0 Å². The highest BCUT2D eigenvalue weighted by molar-refractivity contribution is 8.01. The van der Waals surface area contributed by atoms with Crippen molar-refractivity contribution in [3.63, 3.8) is 0 Å². The molecule has 2 amide bonds. The Balaban J connectivity index is 1.19. The molecule has 10 nitrogen and oxygen atoms in total. The minimum Gasteiger partial charge on any atom is -0.380 e. The number of hydroxylamine groups is 1. The SMILES string of the molecule is NC(=O)C1=NC(c2csc(SCC(=O)NC[C@H]3CN(Cc4ccc(Cl)c(Cl)c4)CCO3)n2)NO1. The van der Waals surface area contributed by atoms with Gasteiger partial charge in [0.2, 0.25) is 5.91 Å². The van der Waals surface area contributed by atoms with Gasteiger partial charge in [-0.1, -0.05) is 41.0 Å². The van der Waals surface area contributed by atoms with Crippen LogP contribution in [0, 0.1) is 0 Å². The number of aliphatic imine (C=N–C) groups is 1. The molecule has 2 aliphatic rings. The third-order valence-electron chi connectivity index (χ3n) is 4.97. The molecule has 14 heteroatoms. The molecule has 1 fully saturated rings. The summed E-state index contributed by atoms with van der Waals surface area (Å²) in [6.45, 7) is 3.26. The molecule has 0 aliphatic carbocycles. The van der Waals surface area contributed by atoms with Crippen molar-refractivity contribution in [1.82, 2.24) is 20.7 Å². The monoisotopic (exact) mass is 544 g/mol. The Hall–Kier alpha value is -1.93. The van der Waals surface area contributed by atoms with Gasteiger partial charge in [-0.3, -0.25) is 14.5 Å². The number of nitrogens with zero attached hydrogens (tertiary/aromatic N) is 3. The second-order valence-corrected chi connectivity index (χ2v) is 10.4. The van der Waals surface area contributed by atoms with E-state index in [-0.39, 0.29) is 23.7 Å². The van der Waals surface area contributed by atoms with Gasteiger partial charge < -0.3 is 20.6 Å². The first-order valence-electron chi connectivity index (χ1n) is 10.3. The topological polar surface area (TPSA) is 131 Å². The molecule has 4 N–H and O–H groups in total. The first kappa shape index (κ1) is 25.2. The van der Waals surface area contributed by atoms with Crippen molar-refractivity contribution in [3.05, 3.63) is 44.9 Å². The lowest BCUT2D eigenvalue weighted by Crippen LogP contribution is -2.47. The van der Waals surface area contributed by atoms with E-state index in [1.807, 2.05) is 12.1 Å². The van der Waals surface area contributed by atoms with Crippen LogP contribution in [-0.2, 0) is 25.7 Å². The number of hydrogen-bond acceptors (Lipinski definition) is 10. The Bertz CT molecular complexity index is 1090. The van der Waals surface area contributed by atoms with Crippen LogP contribution in [0.4, 0.5) is 0 Å². The molecule has 3 heterocycles. The number of nitrogens with two attached hydrogens (primary N) is 1. The van der Waals surface area contributed by atoms with Crippen molar-refractivity contribution in [2.75, 3.05) is 32.0 Å². The van der Waals surface area contributed by atoms with E-state index in [9.17, 15) is 9.59 Å². The minimum absolute atomic E-state index is 0.0947. The summed E-state index contributed by atoms with van der Waals surface area (Å²) >= 11 is 14.8. The number of carbonyl (C=O) groups is 2. The van der Waals surface area contributed by atoms with Crippen LogP contribution in [0.15, 0.2) is 32.9 Å². The number of thioether (sulfide) groups is 1. The summed E-state index contributed by atoms with van der Waals surface area (Å²) in [5.74, 6) is -0.830. The van der Waals surface area contributed by atoms with Crippen LogP contribution in [0.2, 0.25) is 10.0 Å². The molecule has 0 spiro atoms. The molecule has 1 aromatic heterocycles. The van der Waals surface area contributed by atoms with Crippen molar-refractivity contribution < 1.29 is 19.2 Å². The Labute approximate surface area is 214 Å². The summed E-state index contributed by atoms with van der Waals surface area (Å²) in [4.78, 5) is 39.1. The molecule has 2 aromatic rings. The van der Waals surface area contributed by atoms with Crippen LogP contribution in [0.3, 0.4) is 0 Å². The molecule has 2 aliphatic heterocycles. The van der Waals surface area contributed by atoms with E-state index in [0.717, 1.165) is 18.7 Å². The van der Waals surface area contributed by atoms with Gasteiger partial charge >= 0.3 is 11.8 Å². The largest absolute Gasteiger partial charge is 0.380 e. The fourth-order valence-corrected chi connectivity index (χ4v) is 5.33. The first-order valence-corrected chi connectivity index (χ1v) is 12.9. The predicted molar refractivity (Wildman–Crippen MR) is 131 cm³/mol. The Morgan fingerprint density at radius 1 is 1.35 bits per heavy atom. The van der Waals surface area contributed by atoms with E-state index in [1.165, 1.54) is 23.1 Å². The summed E-state index contributed by atoms with van der Waals surface area (Å²) in [6.07, 6.45) is -0.695. The molecule has 1 unspecified atom stereocenters. The van der Waals surface area contributed by atoms with Crippen LogP contribution in [0.1, 0.15) is 17.4 Å². The molecule has 182 valence electrons. The molecule has 1 aromatic carbocycles. The van der Waals surface area contributed by atoms with Gasteiger partial charge in [0.15, 0.2) is 10.5 Å². The standard InChI is InChI=1S/C20H22Cl2N6O4S2/c21-13-2-1-11(5-14(13)22)7-28-3-4-31-12(8-28)6-24-16(29)10-34-20-25-15(9-33-20)18-26-19(17(23)30)32-27-18/h1-2,5,9,12,18,27H,3-4,6-8,10H2,(H2,23,30)(H,24,29)/t12-,18?/m0/s1. The van der Waals surface area contributed by atoms with Gasteiger partial charge in [0, 0.05) is 31.6 Å². The van der Waals surface area contributed by atoms with Crippen LogP contribution in [-0.4, -0.2) is 65.7 Å². The molecule has 2 atom stereocenters. The second-order valence-electron chi connectivity index (χ2n) is 7.53. The average molecular weight is 545 g/mol. The second kappa shape index (κ2) is 11.7. The van der Waals surface area contributed by atoms with E-state index in [0.29, 0.717) is 39.8 Å². The molecule has 0 bridgehead atoms. The van der Waals surface area contributed by atoms with Crippen molar-refractivity contribution in [1.29, 1.82) is 0 Å². The molecular formula is C20H22Cl2N6O4S2. The fraction of sp³-hybridized carbons (Fsp3) is 0.400. The van der Waals surface area contributed by atoms with Crippen LogP contribution < -0.4 is 16.5 Å². The van der Waals surface area contributed by atoms with E-state index in [1.54, 1.807) is 11.4 Å². The van der Waals surface area contributed by atoms with Gasteiger partial charge in [0.1, 0.15) is 0 Å². The van der Waals surface area contributed by atoms with E-state index >= 15 is 0 Å². The van der Waals surface area contributed by atoms with Crippen molar-refractivity contribution >= 4 is 64.0 Å². The zero-order chi connectivity index (χ0) is 24.1. The average Bonchev–Trinajstić information content (AvgIpc) is 3.49. The third-order valence-corrected chi connectivity index (χ3v) is 7.75. The van der Waals surface area contributed by atoms with Gasteiger partial charge in [0.05, 0.1) is 34.2 Å². The van der Waals surface area contributed by atoms with E-state index in [2.05, 4.69) is 25.7 Å². The van der Waals surface area contributed by atoms with Crippen LogP contribution >= 0.6 is 46.3 Å². The third kappa shape index (κ3) is 6.81. The highest BCUT2D eigenvalue weighted by Gasteiger charge is 2.26. The number of morpholine rings is 1. The Morgan fingerprint density at radius 2 is 2.21 bits per heavy atom. The summed E-state index contributed by atoms with van der Waals surface area (Å²) in [5.41, 5.74) is 9.38. The molecule has 1 saturated heterocycles. The number of amides is 2. The lowest BCUT2D eigenvalue weighted by molar-refractivity contribution is -0.119. The van der Waals surface area contributed by atoms with Crippen molar-refractivity contribution in [2.45, 2.75) is 23.2 Å². The number of hydrogen-bond donors (Lipinski definition) is 3. The quantitative estimate of drug-likeness (QED) is 0.408. The number of ether oxygens (including phenoxy) is 1. The summed E-state index contributed by atoms with van der Waals surface area (Å²) in [5, 5.41) is 5.79. The first-order chi connectivity index (χ1) is 16.4. The summed E-state index contributed by atoms with van der Waals surface area (Å²) < 4.78 is 6.51. The maximum Gasteiger partial charge on any atom is 0.306 e. The number of carbonyl (C=O) groups excluding carboxylic acids is 2. The number of rotatable bonds is 9. The molecule has 4 rings (SSSR count). The van der Waals surface area contributed by atoms with Gasteiger partial charge in [-0.15, -0.1) is 16.8 Å². The van der Waals surface area contributed by atoms with Crippen LogP contribution in [0.5, 0.6) is 0 Å². The molecular weight excluding hydrogens is 523 g/mol. The van der Waals surface area contributed by atoms with Gasteiger partial charge in [0.25, 0.3) is 0 Å². The maximum atomic E-state index is 12.3. The van der Waals surface area contributed by atoms with Crippen molar-refractivity contribution in [2.24, 2.45) is 10.7 Å². The molecule has 0 saturated carbocycles. The summed E-state index contributed by atoms with van der Waals surface area (Å²) in [7, 11) is 0. The fourth-order valence-electron chi connectivity index (χ4n) is 3.33. The zero-order valence-corrected chi connectivity index (χ0v) is 21.0. The van der Waals surface area contributed by atoms with E-state index < -0.39 is 12.1 Å². The number of thiazole rings is 1. The number of nitrogens with one attached hydrogen (secondary N) is 2. The Kier molecular flexibility index (Phi) is 8.64. The zero-order valence-electron chi connectivity index (χ0n) is 17.8. The predicted octanol–water partition coefficient (Wildman–Crippen LogP) is 1.98. The number of aromatic nitrogens is 1. The van der Waals surface area contributed by atoms with Crippen LogP contribution in [0.25, 0.3) is 0 Å². The number of primary amides is 1. The molecule has 0 radical (unpaired) electrons. The highest BCUT2D eigenvalue weighted by atomic mass is 35.5. The highest BCUT2D eigenvalue weighted by Crippen LogP contribution is 2.27. The van der Waals surface area contributed by atoms with E-state index in [4.69, 9.17) is 38.5 Å². The number of halogens is 2. The lowest BCUT2D eigenvalue weighted by atomic mass is 10.2. The summed E-state index contributed by atoms with van der Waals surface area (Å²) in [6, 6.07) is 5.63. The smallest absolute Gasteiger partial charge is 0.306 e. The van der Waals surface area contributed by atoms with Gasteiger partial charge in [-0.25, -0.2) is 9.98 Å².